The molecule has 0 aliphatic carbocycles. The van der Waals surface area contributed by atoms with Gasteiger partial charge < -0.3 is 0 Å². The highest BCUT2D eigenvalue weighted by Gasteiger charge is 2.04. The van der Waals surface area contributed by atoms with Crippen molar-refractivity contribution in [1.29, 1.82) is 0 Å². The Morgan fingerprint density at radius 1 is 0.950 bits per heavy atom. The second-order valence-corrected chi connectivity index (χ2v) is 5.78. The van der Waals surface area contributed by atoms with Crippen LogP contribution in [0.25, 0.3) is 27.1 Å². The van der Waals surface area contributed by atoms with Gasteiger partial charge in [-0.3, -0.25) is 0 Å². The molecule has 3 rings (SSSR count). The highest BCUT2D eigenvalue weighted by molar-refractivity contribution is 7.80. The van der Waals surface area contributed by atoms with Crippen LogP contribution in [0.15, 0.2) is 60.0 Å². The Morgan fingerprint density at radius 3 is 2.30 bits per heavy atom. The molecule has 0 aliphatic rings. The number of benzene rings is 3. The minimum absolute atomic E-state index is 1.00. The average Bonchev–Trinajstić information content (AvgIpc) is 2.46. The number of fused-ring (bicyclic) bond motifs is 3. The van der Waals surface area contributed by atoms with Crippen LogP contribution < -0.4 is 0 Å². The first-order valence-corrected chi connectivity index (χ1v) is 7.47. The average molecular weight is 278 g/mol. The minimum atomic E-state index is 1.00. The lowest BCUT2D eigenvalue weighted by Gasteiger charge is -2.09. The molecule has 0 bridgehead atoms. The highest BCUT2D eigenvalue weighted by Crippen LogP contribution is 2.29. The van der Waals surface area contributed by atoms with Crippen molar-refractivity contribution >= 4 is 39.7 Å². The summed E-state index contributed by atoms with van der Waals surface area (Å²) in [4.78, 5) is 1.00. The second-order valence-electron chi connectivity index (χ2n) is 5.26. The van der Waals surface area contributed by atoms with Gasteiger partial charge in [0, 0.05) is 4.90 Å². The van der Waals surface area contributed by atoms with Crippen molar-refractivity contribution in [1.82, 2.24) is 0 Å². The van der Waals surface area contributed by atoms with Crippen molar-refractivity contribution in [3.8, 4) is 0 Å². The van der Waals surface area contributed by atoms with Gasteiger partial charge in [0.25, 0.3) is 0 Å². The predicted molar refractivity (Wildman–Crippen MR) is 92.6 cm³/mol. The monoisotopic (exact) mass is 278 g/mol. The molecule has 0 heterocycles. The largest absolute Gasteiger partial charge is 0.143 e. The van der Waals surface area contributed by atoms with Crippen LogP contribution in [0, 0.1) is 0 Å². The Hall–Kier alpha value is -1.73. The van der Waals surface area contributed by atoms with Crippen LogP contribution in [-0.2, 0) is 0 Å². The Kier molecular flexibility index (Phi) is 3.54. The molecule has 0 radical (unpaired) electrons. The molecule has 0 N–H and O–H groups in total. The zero-order chi connectivity index (χ0) is 14.1. The van der Waals surface area contributed by atoms with E-state index in [-0.39, 0.29) is 0 Å². The smallest absolute Gasteiger partial charge is 0.00463 e. The lowest BCUT2D eigenvalue weighted by molar-refractivity contribution is 0.975. The molecule has 1 heteroatoms. The van der Waals surface area contributed by atoms with Crippen LogP contribution in [0.3, 0.4) is 0 Å². The van der Waals surface area contributed by atoms with E-state index in [4.69, 9.17) is 0 Å². The van der Waals surface area contributed by atoms with Crippen LogP contribution in [0.5, 0.6) is 0 Å². The summed E-state index contributed by atoms with van der Waals surface area (Å²) in [5.74, 6) is 0. The molecule has 0 aliphatic heterocycles. The Balaban J connectivity index is 2.19. The van der Waals surface area contributed by atoms with Gasteiger partial charge >= 0.3 is 0 Å². The summed E-state index contributed by atoms with van der Waals surface area (Å²) in [6.45, 7) is 6.37. The molecular weight excluding hydrogens is 260 g/mol. The van der Waals surface area contributed by atoms with Crippen LogP contribution in [-0.4, -0.2) is 0 Å². The molecule has 0 amide bonds. The second kappa shape index (κ2) is 5.34. The Bertz CT molecular complexity index is 799. The van der Waals surface area contributed by atoms with Gasteiger partial charge in [-0.05, 0) is 57.3 Å². The van der Waals surface area contributed by atoms with Crippen molar-refractivity contribution in [3.63, 3.8) is 0 Å². The van der Waals surface area contributed by atoms with E-state index in [2.05, 4.69) is 74.7 Å². The number of thiol groups is 1. The first kappa shape index (κ1) is 13.3. The summed E-state index contributed by atoms with van der Waals surface area (Å²) in [7, 11) is 0. The van der Waals surface area contributed by atoms with Crippen molar-refractivity contribution in [2.24, 2.45) is 0 Å². The normalized spacial score (nSPS) is 11.1. The molecule has 20 heavy (non-hydrogen) atoms. The maximum atomic E-state index is 4.41. The van der Waals surface area contributed by atoms with Gasteiger partial charge in [-0.25, -0.2) is 0 Å². The number of allylic oxidation sites excluding steroid dienone is 1. The Labute approximate surface area is 125 Å². The zero-order valence-electron chi connectivity index (χ0n) is 11.7. The first-order chi connectivity index (χ1) is 9.69. The SMILES string of the molecule is C=C(CCC)c1ccc2c(ccc3cc(S)ccc32)c1. The molecule has 0 saturated heterocycles. The summed E-state index contributed by atoms with van der Waals surface area (Å²) in [6, 6.07) is 17.3. The minimum Gasteiger partial charge on any atom is -0.143 e. The molecule has 0 saturated carbocycles. The number of hydrogen-bond acceptors (Lipinski definition) is 1. The van der Waals surface area contributed by atoms with Crippen molar-refractivity contribution < 1.29 is 0 Å². The summed E-state index contributed by atoms with van der Waals surface area (Å²) in [5, 5.41) is 5.10. The van der Waals surface area contributed by atoms with E-state index >= 15 is 0 Å². The standard InChI is InChI=1S/C19H18S/c1-3-4-13(2)14-7-9-18-15(11-14)5-6-16-12-17(20)8-10-19(16)18/h5-12,20H,2-4H2,1H3. The fourth-order valence-corrected chi connectivity index (χ4v) is 2.94. The molecule has 0 nitrogen and oxygen atoms in total. The number of rotatable bonds is 3. The van der Waals surface area contributed by atoms with Crippen LogP contribution in [0.1, 0.15) is 25.3 Å². The van der Waals surface area contributed by atoms with Crippen molar-refractivity contribution in [2.45, 2.75) is 24.7 Å². The van der Waals surface area contributed by atoms with Crippen LogP contribution in [0.4, 0.5) is 0 Å². The molecule has 100 valence electrons. The van der Waals surface area contributed by atoms with E-state index in [1.54, 1.807) is 0 Å². The van der Waals surface area contributed by atoms with Gasteiger partial charge in [-0.15, -0.1) is 12.6 Å². The summed E-state index contributed by atoms with van der Waals surface area (Å²) in [5.41, 5.74) is 2.48. The van der Waals surface area contributed by atoms with E-state index < -0.39 is 0 Å². The maximum Gasteiger partial charge on any atom is 0.00463 e. The molecule has 3 aromatic carbocycles. The quantitative estimate of drug-likeness (QED) is 0.434. The third kappa shape index (κ3) is 2.34. The van der Waals surface area contributed by atoms with Crippen LogP contribution >= 0.6 is 12.6 Å². The molecular formula is C19H18S. The number of hydrogen-bond donors (Lipinski definition) is 1. The topological polar surface area (TPSA) is 0 Å². The summed E-state index contributed by atoms with van der Waals surface area (Å²) in [6.07, 6.45) is 2.20. The molecule has 0 spiro atoms. The van der Waals surface area contributed by atoms with E-state index in [0.29, 0.717) is 0 Å². The fourth-order valence-electron chi connectivity index (χ4n) is 2.72. The van der Waals surface area contributed by atoms with Gasteiger partial charge in [0.1, 0.15) is 0 Å². The van der Waals surface area contributed by atoms with Gasteiger partial charge in [0.2, 0.25) is 0 Å². The van der Waals surface area contributed by atoms with Gasteiger partial charge in [0.15, 0.2) is 0 Å². The van der Waals surface area contributed by atoms with Crippen LogP contribution in [0.2, 0.25) is 0 Å². The molecule has 0 unspecified atom stereocenters. The van der Waals surface area contributed by atoms with E-state index in [1.807, 2.05) is 0 Å². The zero-order valence-corrected chi connectivity index (χ0v) is 12.6. The lowest BCUT2D eigenvalue weighted by Crippen LogP contribution is -1.84. The van der Waals surface area contributed by atoms with Gasteiger partial charge in [0.05, 0.1) is 0 Å². The third-order valence-electron chi connectivity index (χ3n) is 3.78. The Morgan fingerprint density at radius 2 is 1.60 bits per heavy atom. The van der Waals surface area contributed by atoms with E-state index in [9.17, 15) is 0 Å². The molecule has 0 atom stereocenters. The van der Waals surface area contributed by atoms with E-state index in [1.165, 1.54) is 32.7 Å². The van der Waals surface area contributed by atoms with Crippen molar-refractivity contribution in [2.75, 3.05) is 0 Å². The summed E-state index contributed by atoms with van der Waals surface area (Å²) < 4.78 is 0. The predicted octanol–water partition coefficient (Wildman–Crippen LogP) is 6.10. The lowest BCUT2D eigenvalue weighted by atomic mass is 9.96. The maximum absolute atomic E-state index is 4.41. The molecule has 0 fully saturated rings. The van der Waals surface area contributed by atoms with E-state index in [0.717, 1.165) is 17.7 Å². The van der Waals surface area contributed by atoms with Crippen molar-refractivity contribution in [3.05, 3.63) is 60.7 Å². The molecule has 3 aromatic rings. The summed E-state index contributed by atoms with van der Waals surface area (Å²) >= 11 is 4.41. The fraction of sp³-hybridized carbons (Fsp3) is 0.158. The third-order valence-corrected chi connectivity index (χ3v) is 4.06. The molecule has 0 aromatic heterocycles. The first-order valence-electron chi connectivity index (χ1n) is 7.02. The van der Waals surface area contributed by atoms with Gasteiger partial charge in [-0.2, -0.15) is 0 Å². The van der Waals surface area contributed by atoms with Gasteiger partial charge in [-0.1, -0.05) is 50.3 Å². The highest BCUT2D eigenvalue weighted by atomic mass is 32.1.